The van der Waals surface area contributed by atoms with Crippen molar-refractivity contribution in [3.8, 4) is 0 Å². The maximum Gasteiger partial charge on any atom is 0.0313 e. The summed E-state index contributed by atoms with van der Waals surface area (Å²) in [5.41, 5.74) is 5.52. The normalized spacial score (nSPS) is 13.2. The monoisotopic (exact) mass is 131 g/mol. The van der Waals surface area contributed by atoms with Gasteiger partial charge in [-0.05, 0) is 5.75 Å². The molecule has 0 aromatic heterocycles. The van der Waals surface area contributed by atoms with Crippen molar-refractivity contribution in [1.82, 2.24) is 0 Å². The van der Waals surface area contributed by atoms with Gasteiger partial charge in [0, 0.05) is 11.8 Å². The van der Waals surface area contributed by atoms with Gasteiger partial charge in [0.1, 0.15) is 0 Å². The quantitative estimate of drug-likeness (QED) is 0.581. The molecule has 1 nitrogen and oxygen atoms in total. The molecule has 0 spiro atoms. The van der Waals surface area contributed by atoms with E-state index in [1.165, 1.54) is 0 Å². The highest BCUT2D eigenvalue weighted by Gasteiger charge is 1.92. The van der Waals surface area contributed by atoms with Crippen LogP contribution in [0, 0.1) is 0 Å². The predicted molar refractivity (Wildman–Crippen MR) is 41.2 cm³/mol. The molecule has 1 atom stereocenters. The Bertz CT molecular complexity index is 63.5. The van der Waals surface area contributed by atoms with E-state index in [1.807, 2.05) is 11.8 Å². The lowest BCUT2D eigenvalue weighted by Crippen LogP contribution is -2.19. The van der Waals surface area contributed by atoms with Crippen molar-refractivity contribution >= 4 is 11.8 Å². The van der Waals surface area contributed by atoms with Crippen LogP contribution in [0.15, 0.2) is 12.7 Å². The van der Waals surface area contributed by atoms with E-state index in [0.29, 0.717) is 0 Å². The van der Waals surface area contributed by atoms with E-state index in [2.05, 4.69) is 13.5 Å². The topological polar surface area (TPSA) is 26.0 Å². The van der Waals surface area contributed by atoms with Crippen LogP contribution in [0.1, 0.15) is 6.92 Å². The van der Waals surface area contributed by atoms with Crippen LogP contribution in [-0.2, 0) is 0 Å². The second-order valence-electron chi connectivity index (χ2n) is 1.56. The van der Waals surface area contributed by atoms with Crippen LogP contribution in [0.2, 0.25) is 0 Å². The maximum absolute atomic E-state index is 5.52. The minimum absolute atomic E-state index is 0.181. The molecule has 0 amide bonds. The van der Waals surface area contributed by atoms with Gasteiger partial charge in [0.25, 0.3) is 0 Å². The second-order valence-corrected chi connectivity index (χ2v) is 2.88. The molecule has 1 unspecified atom stereocenters. The molecule has 0 radical (unpaired) electrons. The first-order valence-corrected chi connectivity index (χ1v) is 3.92. The molecule has 2 N–H and O–H groups in total. The molecule has 0 saturated carbocycles. The first-order chi connectivity index (χ1) is 3.81. The smallest absolute Gasteiger partial charge is 0.0313 e. The highest BCUT2D eigenvalue weighted by atomic mass is 32.2. The van der Waals surface area contributed by atoms with Gasteiger partial charge in [0.15, 0.2) is 0 Å². The molecule has 0 aliphatic heterocycles. The number of hydrogen-bond donors (Lipinski definition) is 1. The zero-order valence-corrected chi connectivity index (χ0v) is 6.08. The maximum atomic E-state index is 5.52. The fraction of sp³-hybridized carbons (Fsp3) is 0.667. The Hall–Kier alpha value is 0.0500. The minimum Gasteiger partial charge on any atom is -0.324 e. The summed E-state index contributed by atoms with van der Waals surface area (Å²) in [7, 11) is 0. The van der Waals surface area contributed by atoms with Crippen LogP contribution >= 0.6 is 11.8 Å². The third kappa shape index (κ3) is 4.22. The van der Waals surface area contributed by atoms with Gasteiger partial charge >= 0.3 is 0 Å². The van der Waals surface area contributed by atoms with Crippen molar-refractivity contribution < 1.29 is 0 Å². The van der Waals surface area contributed by atoms with Crippen LogP contribution in [0.4, 0.5) is 0 Å². The number of nitrogens with two attached hydrogens (primary N) is 1. The highest BCUT2D eigenvalue weighted by molar-refractivity contribution is 7.99. The van der Waals surface area contributed by atoms with Crippen molar-refractivity contribution in [2.45, 2.75) is 13.0 Å². The van der Waals surface area contributed by atoms with Crippen LogP contribution in [-0.4, -0.2) is 17.5 Å². The van der Waals surface area contributed by atoms with E-state index in [4.69, 9.17) is 5.73 Å². The molecule has 0 aromatic carbocycles. The Morgan fingerprint density at radius 1 is 1.88 bits per heavy atom. The number of thioether (sulfide) groups is 1. The molecule has 8 heavy (non-hydrogen) atoms. The van der Waals surface area contributed by atoms with Crippen LogP contribution in [0.25, 0.3) is 0 Å². The molecule has 48 valence electrons. The number of hydrogen-bond acceptors (Lipinski definition) is 2. The molecule has 0 aliphatic carbocycles. The summed E-state index contributed by atoms with van der Waals surface area (Å²) in [5.74, 6) is 2.14. The summed E-state index contributed by atoms with van der Waals surface area (Å²) >= 11 is 1.84. The second kappa shape index (κ2) is 5.19. The van der Waals surface area contributed by atoms with Gasteiger partial charge in [-0.25, -0.2) is 0 Å². The molecular formula is C6H13NS. The molecule has 0 aromatic rings. The lowest BCUT2D eigenvalue weighted by molar-refractivity contribution is 0.943. The number of rotatable bonds is 4. The van der Waals surface area contributed by atoms with Crippen LogP contribution < -0.4 is 5.73 Å². The molecule has 2 heteroatoms. The lowest BCUT2D eigenvalue weighted by Gasteiger charge is -2.01. The van der Waals surface area contributed by atoms with Gasteiger partial charge in [-0.1, -0.05) is 13.0 Å². The summed E-state index contributed by atoms with van der Waals surface area (Å²) in [6.07, 6.45) is 1.78. The predicted octanol–water partition coefficient (Wildman–Crippen LogP) is 1.25. The fourth-order valence-electron chi connectivity index (χ4n) is 0.322. The van der Waals surface area contributed by atoms with Crippen molar-refractivity contribution in [2.75, 3.05) is 11.5 Å². The standard InChI is InChI=1S/C6H13NS/c1-3-6(7)5-8-4-2/h3,6H,1,4-5,7H2,2H3. The Morgan fingerprint density at radius 2 is 2.50 bits per heavy atom. The highest BCUT2D eigenvalue weighted by Crippen LogP contribution is 1.99. The summed E-state index contributed by atoms with van der Waals surface area (Å²) in [4.78, 5) is 0. The first-order valence-electron chi connectivity index (χ1n) is 2.77. The summed E-state index contributed by atoms with van der Waals surface area (Å²) in [5, 5.41) is 0. The Morgan fingerprint density at radius 3 is 2.88 bits per heavy atom. The largest absolute Gasteiger partial charge is 0.324 e. The third-order valence-corrected chi connectivity index (χ3v) is 1.85. The van der Waals surface area contributed by atoms with E-state index < -0.39 is 0 Å². The molecule has 0 rings (SSSR count). The molecule has 0 bridgehead atoms. The fourth-order valence-corrected chi connectivity index (χ4v) is 0.966. The van der Waals surface area contributed by atoms with E-state index in [9.17, 15) is 0 Å². The third-order valence-electron chi connectivity index (χ3n) is 0.817. The minimum atomic E-state index is 0.181. The molecule has 0 fully saturated rings. The molecule has 0 aliphatic rings. The van der Waals surface area contributed by atoms with Crippen molar-refractivity contribution in [2.24, 2.45) is 5.73 Å². The van der Waals surface area contributed by atoms with Gasteiger partial charge in [-0.2, -0.15) is 11.8 Å². The molecular weight excluding hydrogens is 118 g/mol. The average Bonchev–Trinajstić information content (AvgIpc) is 1.83. The van der Waals surface area contributed by atoms with Crippen molar-refractivity contribution in [1.29, 1.82) is 0 Å². The lowest BCUT2D eigenvalue weighted by atomic mass is 10.4. The zero-order valence-electron chi connectivity index (χ0n) is 5.26. The molecule has 0 saturated heterocycles. The van der Waals surface area contributed by atoms with Gasteiger partial charge < -0.3 is 5.73 Å². The zero-order chi connectivity index (χ0) is 6.41. The van der Waals surface area contributed by atoms with Crippen LogP contribution in [0.3, 0.4) is 0 Å². The SMILES string of the molecule is C=CC(N)CSCC. The van der Waals surface area contributed by atoms with E-state index in [1.54, 1.807) is 6.08 Å². The van der Waals surface area contributed by atoms with Crippen molar-refractivity contribution in [3.05, 3.63) is 12.7 Å². The van der Waals surface area contributed by atoms with Gasteiger partial charge in [-0.3, -0.25) is 0 Å². The van der Waals surface area contributed by atoms with E-state index in [-0.39, 0.29) is 6.04 Å². The average molecular weight is 131 g/mol. The Kier molecular flexibility index (Phi) is 5.22. The van der Waals surface area contributed by atoms with Gasteiger partial charge in [0.2, 0.25) is 0 Å². The van der Waals surface area contributed by atoms with E-state index in [0.717, 1.165) is 11.5 Å². The molecule has 0 heterocycles. The first kappa shape index (κ1) is 8.05. The van der Waals surface area contributed by atoms with E-state index >= 15 is 0 Å². The summed E-state index contributed by atoms with van der Waals surface area (Å²) < 4.78 is 0. The summed E-state index contributed by atoms with van der Waals surface area (Å²) in [6.45, 7) is 5.70. The Balaban J connectivity index is 2.98. The van der Waals surface area contributed by atoms with Crippen molar-refractivity contribution in [3.63, 3.8) is 0 Å². The summed E-state index contributed by atoms with van der Waals surface area (Å²) in [6, 6.07) is 0.181. The van der Waals surface area contributed by atoms with Crippen LogP contribution in [0.5, 0.6) is 0 Å². The van der Waals surface area contributed by atoms with Gasteiger partial charge in [-0.15, -0.1) is 6.58 Å². The Labute approximate surface area is 55.3 Å². The van der Waals surface area contributed by atoms with Gasteiger partial charge in [0.05, 0.1) is 0 Å².